The van der Waals surface area contributed by atoms with Crippen LogP contribution in [0.25, 0.3) is 0 Å². The van der Waals surface area contributed by atoms with Crippen molar-refractivity contribution < 1.29 is 0 Å². The van der Waals surface area contributed by atoms with Crippen LogP contribution in [-0.2, 0) is 0 Å². The van der Waals surface area contributed by atoms with E-state index in [9.17, 15) is 0 Å². The fraction of sp³-hybridized carbons (Fsp3) is 0.667. The monoisotopic (exact) mass is 274 g/mol. The smallest absolute Gasteiger partial charge is 0.0424 e. The molecule has 1 fully saturated rings. The predicted octanol–water partition coefficient (Wildman–Crippen LogP) is 3.96. The molecular formula is C18H30N2. The van der Waals surface area contributed by atoms with Gasteiger partial charge in [-0.15, -0.1) is 0 Å². The van der Waals surface area contributed by atoms with Crippen LogP contribution in [0.2, 0.25) is 0 Å². The van der Waals surface area contributed by atoms with Crippen molar-refractivity contribution >= 4 is 0 Å². The first-order valence-corrected chi connectivity index (χ1v) is 8.18. The van der Waals surface area contributed by atoms with E-state index in [-0.39, 0.29) is 6.04 Å². The third-order valence-corrected chi connectivity index (χ3v) is 4.60. The average molecular weight is 274 g/mol. The molecule has 0 heterocycles. The van der Waals surface area contributed by atoms with Gasteiger partial charge in [0.05, 0.1) is 0 Å². The highest BCUT2D eigenvalue weighted by Crippen LogP contribution is 2.24. The molecule has 2 nitrogen and oxygen atoms in total. The van der Waals surface area contributed by atoms with Gasteiger partial charge in [-0.3, -0.25) is 4.90 Å². The van der Waals surface area contributed by atoms with Gasteiger partial charge in [-0.2, -0.15) is 0 Å². The largest absolute Gasteiger partial charge is 0.323 e. The maximum atomic E-state index is 6.47. The summed E-state index contributed by atoms with van der Waals surface area (Å²) in [5.41, 5.74) is 10.4. The van der Waals surface area contributed by atoms with E-state index in [1.165, 1.54) is 48.8 Å². The minimum atomic E-state index is 0.135. The molecule has 0 radical (unpaired) electrons. The van der Waals surface area contributed by atoms with Crippen LogP contribution in [0.3, 0.4) is 0 Å². The van der Waals surface area contributed by atoms with E-state index >= 15 is 0 Å². The SMILES string of the molecule is CCN(CC(N)c1cc(C)cc(C)c1)C1CCCCC1. The summed E-state index contributed by atoms with van der Waals surface area (Å²) in [6, 6.07) is 7.59. The summed E-state index contributed by atoms with van der Waals surface area (Å²) in [7, 11) is 0. The van der Waals surface area contributed by atoms with Crippen molar-refractivity contribution in [1.82, 2.24) is 4.90 Å². The van der Waals surface area contributed by atoms with Crippen LogP contribution in [0.4, 0.5) is 0 Å². The van der Waals surface area contributed by atoms with Gasteiger partial charge in [0.2, 0.25) is 0 Å². The van der Waals surface area contributed by atoms with Gasteiger partial charge < -0.3 is 5.73 Å². The highest BCUT2D eigenvalue weighted by Gasteiger charge is 2.22. The molecule has 0 saturated heterocycles. The summed E-state index contributed by atoms with van der Waals surface area (Å²) in [6.07, 6.45) is 6.90. The third kappa shape index (κ3) is 4.07. The van der Waals surface area contributed by atoms with Crippen molar-refractivity contribution in [2.45, 2.75) is 65.0 Å². The standard InChI is InChI=1S/C18H30N2/c1-4-20(17-8-6-5-7-9-17)13-18(19)16-11-14(2)10-15(3)12-16/h10-12,17-18H,4-9,13,19H2,1-3H3. The molecule has 0 spiro atoms. The quantitative estimate of drug-likeness (QED) is 0.880. The Morgan fingerprint density at radius 1 is 1.10 bits per heavy atom. The Morgan fingerprint density at radius 3 is 2.25 bits per heavy atom. The third-order valence-electron chi connectivity index (χ3n) is 4.60. The van der Waals surface area contributed by atoms with Gasteiger partial charge >= 0.3 is 0 Å². The van der Waals surface area contributed by atoms with E-state index < -0.39 is 0 Å². The molecule has 2 N–H and O–H groups in total. The van der Waals surface area contributed by atoms with Gasteiger partial charge in [0.25, 0.3) is 0 Å². The zero-order valence-corrected chi connectivity index (χ0v) is 13.4. The lowest BCUT2D eigenvalue weighted by Crippen LogP contribution is -2.41. The van der Waals surface area contributed by atoms with Crippen LogP contribution < -0.4 is 5.73 Å². The molecular weight excluding hydrogens is 244 g/mol. The van der Waals surface area contributed by atoms with Crippen molar-refractivity contribution in [3.05, 3.63) is 34.9 Å². The lowest BCUT2D eigenvalue weighted by atomic mass is 9.93. The van der Waals surface area contributed by atoms with Crippen LogP contribution in [0.1, 0.15) is 61.8 Å². The second-order valence-electron chi connectivity index (χ2n) is 6.41. The molecule has 1 saturated carbocycles. The topological polar surface area (TPSA) is 29.3 Å². The van der Waals surface area contributed by atoms with Crippen molar-refractivity contribution in [2.75, 3.05) is 13.1 Å². The number of likely N-dealkylation sites (N-methyl/N-ethyl adjacent to an activating group) is 1. The minimum Gasteiger partial charge on any atom is -0.323 e. The molecule has 2 rings (SSSR count). The molecule has 1 unspecified atom stereocenters. The molecule has 0 bridgehead atoms. The molecule has 1 aliphatic carbocycles. The molecule has 1 aromatic rings. The number of hydrogen-bond acceptors (Lipinski definition) is 2. The number of hydrogen-bond donors (Lipinski definition) is 1. The van der Waals surface area contributed by atoms with E-state index in [2.05, 4.69) is 43.9 Å². The molecule has 2 heteroatoms. The highest BCUT2D eigenvalue weighted by molar-refractivity contribution is 5.30. The van der Waals surface area contributed by atoms with Crippen molar-refractivity contribution in [3.63, 3.8) is 0 Å². The van der Waals surface area contributed by atoms with Gasteiger partial charge in [-0.05, 0) is 38.8 Å². The zero-order chi connectivity index (χ0) is 14.5. The van der Waals surface area contributed by atoms with Gasteiger partial charge in [0, 0.05) is 18.6 Å². The molecule has 0 aliphatic heterocycles. The van der Waals surface area contributed by atoms with Gasteiger partial charge in [-0.1, -0.05) is 55.5 Å². The molecule has 0 aromatic heterocycles. The second kappa shape index (κ2) is 7.24. The lowest BCUT2D eigenvalue weighted by Gasteiger charge is -2.35. The van der Waals surface area contributed by atoms with Gasteiger partial charge in [0.15, 0.2) is 0 Å². The van der Waals surface area contributed by atoms with Crippen LogP contribution >= 0.6 is 0 Å². The van der Waals surface area contributed by atoms with E-state index in [0.717, 1.165) is 19.1 Å². The fourth-order valence-electron chi connectivity index (χ4n) is 3.56. The maximum absolute atomic E-state index is 6.47. The van der Waals surface area contributed by atoms with E-state index in [0.29, 0.717) is 0 Å². The summed E-state index contributed by atoms with van der Waals surface area (Å²) in [5, 5.41) is 0. The predicted molar refractivity (Wildman–Crippen MR) is 87.0 cm³/mol. The normalized spacial score (nSPS) is 18.4. The Labute approximate surface area is 124 Å². The Bertz CT molecular complexity index is 401. The first-order valence-electron chi connectivity index (χ1n) is 8.18. The first-order chi connectivity index (χ1) is 9.60. The van der Waals surface area contributed by atoms with Crippen molar-refractivity contribution in [3.8, 4) is 0 Å². The summed E-state index contributed by atoms with van der Waals surface area (Å²) in [5.74, 6) is 0. The Balaban J connectivity index is 2.02. The number of rotatable bonds is 5. The molecule has 1 aromatic carbocycles. The highest BCUT2D eigenvalue weighted by atomic mass is 15.2. The van der Waals surface area contributed by atoms with E-state index in [1.807, 2.05) is 0 Å². The summed E-state index contributed by atoms with van der Waals surface area (Å²) < 4.78 is 0. The summed E-state index contributed by atoms with van der Waals surface area (Å²) in [6.45, 7) is 8.68. The average Bonchev–Trinajstić information content (AvgIpc) is 2.44. The minimum absolute atomic E-state index is 0.135. The number of nitrogens with zero attached hydrogens (tertiary/aromatic N) is 1. The number of nitrogens with two attached hydrogens (primary N) is 1. The fourth-order valence-corrected chi connectivity index (χ4v) is 3.56. The number of benzene rings is 1. The maximum Gasteiger partial charge on any atom is 0.0424 e. The van der Waals surface area contributed by atoms with Crippen molar-refractivity contribution in [2.24, 2.45) is 5.73 Å². The van der Waals surface area contributed by atoms with Crippen LogP contribution in [-0.4, -0.2) is 24.0 Å². The lowest BCUT2D eigenvalue weighted by molar-refractivity contribution is 0.155. The van der Waals surface area contributed by atoms with E-state index in [1.54, 1.807) is 0 Å². The Morgan fingerprint density at radius 2 is 1.70 bits per heavy atom. The van der Waals surface area contributed by atoms with Gasteiger partial charge in [0.1, 0.15) is 0 Å². The molecule has 1 atom stereocenters. The zero-order valence-electron chi connectivity index (χ0n) is 13.4. The second-order valence-corrected chi connectivity index (χ2v) is 6.41. The van der Waals surface area contributed by atoms with Crippen LogP contribution in [0.5, 0.6) is 0 Å². The van der Waals surface area contributed by atoms with Gasteiger partial charge in [-0.25, -0.2) is 0 Å². The molecule has 112 valence electrons. The Hall–Kier alpha value is -0.860. The molecule has 20 heavy (non-hydrogen) atoms. The van der Waals surface area contributed by atoms with E-state index in [4.69, 9.17) is 5.73 Å². The number of aryl methyl sites for hydroxylation is 2. The molecule has 0 amide bonds. The van der Waals surface area contributed by atoms with Crippen molar-refractivity contribution in [1.29, 1.82) is 0 Å². The first kappa shape index (κ1) is 15.5. The summed E-state index contributed by atoms with van der Waals surface area (Å²) in [4.78, 5) is 2.60. The summed E-state index contributed by atoms with van der Waals surface area (Å²) >= 11 is 0. The van der Waals surface area contributed by atoms with Crippen LogP contribution in [0, 0.1) is 13.8 Å². The molecule has 1 aliphatic rings. The Kier molecular flexibility index (Phi) is 5.62. The van der Waals surface area contributed by atoms with Crippen LogP contribution in [0.15, 0.2) is 18.2 Å².